The molecule has 4 rings (SSSR count). The van der Waals surface area contributed by atoms with E-state index in [0.717, 1.165) is 60.3 Å². The van der Waals surface area contributed by atoms with E-state index in [4.69, 9.17) is 9.47 Å². The zero-order valence-electron chi connectivity index (χ0n) is 15.5. The lowest BCUT2D eigenvalue weighted by atomic mass is 10.2. The van der Waals surface area contributed by atoms with Gasteiger partial charge >= 0.3 is 0 Å². The van der Waals surface area contributed by atoms with E-state index in [1.54, 1.807) is 17.7 Å². The van der Waals surface area contributed by atoms with Gasteiger partial charge in [-0.15, -0.1) is 11.3 Å². The predicted molar refractivity (Wildman–Crippen MR) is 109 cm³/mol. The summed E-state index contributed by atoms with van der Waals surface area (Å²) >= 11 is 1.67. The molecule has 6 nitrogen and oxygen atoms in total. The van der Waals surface area contributed by atoms with Crippen LogP contribution < -0.4 is 14.4 Å². The van der Waals surface area contributed by atoms with E-state index < -0.39 is 0 Å². The molecular formula is C20H24N4O2S. The fraction of sp³-hybridized carbons (Fsp3) is 0.400. The van der Waals surface area contributed by atoms with E-state index in [1.807, 2.05) is 31.2 Å². The Morgan fingerprint density at radius 1 is 0.963 bits per heavy atom. The van der Waals surface area contributed by atoms with Crippen molar-refractivity contribution in [2.24, 2.45) is 0 Å². The molecule has 0 bridgehead atoms. The number of hydrogen-bond donors (Lipinski definition) is 0. The topological polar surface area (TPSA) is 50.7 Å². The lowest BCUT2D eigenvalue weighted by Gasteiger charge is -2.35. The van der Waals surface area contributed by atoms with Crippen molar-refractivity contribution in [1.82, 2.24) is 14.9 Å². The summed E-state index contributed by atoms with van der Waals surface area (Å²) < 4.78 is 11.3. The number of fused-ring (bicyclic) bond motifs is 1. The van der Waals surface area contributed by atoms with Gasteiger partial charge in [-0.3, -0.25) is 4.90 Å². The van der Waals surface area contributed by atoms with E-state index >= 15 is 0 Å². The molecule has 27 heavy (non-hydrogen) atoms. The average molecular weight is 385 g/mol. The van der Waals surface area contributed by atoms with E-state index in [0.29, 0.717) is 13.2 Å². The van der Waals surface area contributed by atoms with Crippen LogP contribution in [0.4, 0.5) is 5.82 Å². The summed E-state index contributed by atoms with van der Waals surface area (Å²) in [7, 11) is 0. The number of rotatable bonds is 7. The van der Waals surface area contributed by atoms with Gasteiger partial charge < -0.3 is 14.4 Å². The highest BCUT2D eigenvalue weighted by Crippen LogP contribution is 2.27. The molecule has 1 saturated heterocycles. The SMILES string of the molecule is CCOc1ccc(OCCN2CCN(c3ncnc4sccc34)CC2)cc1. The first-order valence-corrected chi connectivity index (χ1v) is 10.2. The van der Waals surface area contributed by atoms with Gasteiger partial charge in [0.2, 0.25) is 0 Å². The van der Waals surface area contributed by atoms with Crippen LogP contribution in [0.2, 0.25) is 0 Å². The zero-order chi connectivity index (χ0) is 18.5. The molecule has 0 radical (unpaired) electrons. The van der Waals surface area contributed by atoms with E-state index in [2.05, 4.69) is 31.2 Å². The molecule has 0 spiro atoms. The quantitative estimate of drug-likeness (QED) is 0.623. The van der Waals surface area contributed by atoms with Crippen molar-refractivity contribution in [3.05, 3.63) is 42.0 Å². The largest absolute Gasteiger partial charge is 0.494 e. The average Bonchev–Trinajstić information content (AvgIpc) is 3.19. The number of nitrogens with zero attached hydrogens (tertiary/aromatic N) is 4. The summed E-state index contributed by atoms with van der Waals surface area (Å²) in [4.78, 5) is 14.7. The van der Waals surface area contributed by atoms with E-state index in [-0.39, 0.29) is 0 Å². The molecule has 1 aromatic carbocycles. The van der Waals surface area contributed by atoms with Crippen molar-refractivity contribution >= 4 is 27.4 Å². The monoisotopic (exact) mass is 384 g/mol. The van der Waals surface area contributed by atoms with Gasteiger partial charge in [-0.05, 0) is 42.6 Å². The van der Waals surface area contributed by atoms with Crippen LogP contribution in [0.1, 0.15) is 6.92 Å². The normalized spacial score (nSPS) is 15.2. The second-order valence-electron chi connectivity index (χ2n) is 6.42. The Morgan fingerprint density at radius 3 is 2.44 bits per heavy atom. The fourth-order valence-electron chi connectivity index (χ4n) is 3.30. The first-order valence-electron chi connectivity index (χ1n) is 9.34. The summed E-state index contributed by atoms with van der Waals surface area (Å²) in [6.45, 7) is 8.27. The third-order valence-corrected chi connectivity index (χ3v) is 5.54. The number of hydrogen-bond acceptors (Lipinski definition) is 7. The van der Waals surface area contributed by atoms with Crippen LogP contribution in [0.25, 0.3) is 10.2 Å². The van der Waals surface area contributed by atoms with E-state index in [1.165, 1.54) is 0 Å². The van der Waals surface area contributed by atoms with Crippen LogP contribution in [0.5, 0.6) is 11.5 Å². The number of thiophene rings is 1. The number of ether oxygens (including phenoxy) is 2. The third kappa shape index (κ3) is 4.31. The minimum atomic E-state index is 0.680. The molecule has 1 fully saturated rings. The van der Waals surface area contributed by atoms with Gasteiger partial charge in [0.25, 0.3) is 0 Å². The summed E-state index contributed by atoms with van der Waals surface area (Å²) in [5.41, 5.74) is 0. The number of aromatic nitrogens is 2. The highest BCUT2D eigenvalue weighted by Gasteiger charge is 2.20. The smallest absolute Gasteiger partial charge is 0.140 e. The molecule has 1 aliphatic rings. The molecule has 0 amide bonds. The van der Waals surface area contributed by atoms with Crippen LogP contribution in [0.15, 0.2) is 42.0 Å². The van der Waals surface area contributed by atoms with Gasteiger partial charge in [0.1, 0.15) is 35.1 Å². The summed E-state index contributed by atoms with van der Waals surface area (Å²) in [5, 5.41) is 3.24. The minimum Gasteiger partial charge on any atom is -0.494 e. The first-order chi connectivity index (χ1) is 13.3. The molecule has 1 aliphatic heterocycles. The number of piperazine rings is 1. The van der Waals surface area contributed by atoms with Crippen LogP contribution in [0.3, 0.4) is 0 Å². The molecule has 7 heteroatoms. The fourth-order valence-corrected chi connectivity index (χ4v) is 4.03. The summed E-state index contributed by atoms with van der Waals surface area (Å²) in [5.74, 6) is 2.83. The maximum Gasteiger partial charge on any atom is 0.140 e. The Hall–Kier alpha value is -2.38. The molecule has 0 N–H and O–H groups in total. The number of anilines is 1. The lowest BCUT2D eigenvalue weighted by molar-refractivity contribution is 0.200. The van der Waals surface area contributed by atoms with Crippen molar-refractivity contribution in [1.29, 1.82) is 0 Å². The molecule has 3 heterocycles. The minimum absolute atomic E-state index is 0.680. The van der Waals surface area contributed by atoms with Gasteiger partial charge in [-0.2, -0.15) is 0 Å². The molecule has 0 saturated carbocycles. The van der Waals surface area contributed by atoms with Gasteiger partial charge in [0, 0.05) is 32.7 Å². The molecule has 0 aliphatic carbocycles. The molecule has 3 aromatic rings. The van der Waals surface area contributed by atoms with Crippen molar-refractivity contribution in [2.75, 3.05) is 50.8 Å². The first kappa shape index (κ1) is 18.0. The van der Waals surface area contributed by atoms with Crippen molar-refractivity contribution < 1.29 is 9.47 Å². The second kappa shape index (κ2) is 8.54. The highest BCUT2D eigenvalue weighted by atomic mass is 32.1. The molecule has 0 unspecified atom stereocenters. The van der Waals surface area contributed by atoms with Crippen molar-refractivity contribution in [3.8, 4) is 11.5 Å². The maximum absolute atomic E-state index is 5.87. The standard InChI is InChI=1S/C20H24N4O2S/c1-2-25-16-3-5-17(6-4-16)26-13-12-23-8-10-24(11-9-23)19-18-7-14-27-20(18)22-15-21-19/h3-7,14-15H,2,8-13H2,1H3. The molecule has 2 aromatic heterocycles. The van der Waals surface area contributed by atoms with Crippen LogP contribution in [-0.2, 0) is 0 Å². The van der Waals surface area contributed by atoms with Crippen LogP contribution >= 0.6 is 11.3 Å². The predicted octanol–water partition coefficient (Wildman–Crippen LogP) is 3.29. The van der Waals surface area contributed by atoms with E-state index in [9.17, 15) is 0 Å². The Morgan fingerprint density at radius 2 is 1.70 bits per heavy atom. The Bertz CT molecular complexity index is 860. The Kier molecular flexibility index (Phi) is 5.69. The van der Waals surface area contributed by atoms with Crippen molar-refractivity contribution in [3.63, 3.8) is 0 Å². The van der Waals surface area contributed by atoms with Crippen LogP contribution in [0, 0.1) is 0 Å². The van der Waals surface area contributed by atoms with Crippen LogP contribution in [-0.4, -0.2) is 60.8 Å². The molecule has 142 valence electrons. The van der Waals surface area contributed by atoms with Gasteiger partial charge in [0.15, 0.2) is 0 Å². The third-order valence-electron chi connectivity index (χ3n) is 4.72. The summed E-state index contributed by atoms with van der Waals surface area (Å²) in [6.07, 6.45) is 1.67. The Labute approximate surface area is 163 Å². The van der Waals surface area contributed by atoms with Gasteiger partial charge in [0.05, 0.1) is 12.0 Å². The molecular weight excluding hydrogens is 360 g/mol. The van der Waals surface area contributed by atoms with Gasteiger partial charge in [-0.25, -0.2) is 9.97 Å². The lowest BCUT2D eigenvalue weighted by Crippen LogP contribution is -2.47. The van der Waals surface area contributed by atoms with Gasteiger partial charge in [-0.1, -0.05) is 0 Å². The molecule has 0 atom stereocenters. The Balaban J connectivity index is 1.24. The number of benzene rings is 1. The maximum atomic E-state index is 5.87. The second-order valence-corrected chi connectivity index (χ2v) is 7.31. The van der Waals surface area contributed by atoms with Crippen molar-refractivity contribution in [2.45, 2.75) is 6.92 Å². The summed E-state index contributed by atoms with van der Waals surface area (Å²) in [6, 6.07) is 9.94. The highest BCUT2D eigenvalue weighted by molar-refractivity contribution is 7.16. The zero-order valence-corrected chi connectivity index (χ0v) is 16.3.